The Labute approximate surface area is 202 Å². The van der Waals surface area contributed by atoms with Gasteiger partial charge in [-0.15, -0.1) is 0 Å². The minimum absolute atomic E-state index is 0.176. The summed E-state index contributed by atoms with van der Waals surface area (Å²) in [4.78, 5) is 51.5. The van der Waals surface area contributed by atoms with Gasteiger partial charge in [0.15, 0.2) is 6.61 Å². The molecule has 1 saturated carbocycles. The number of nitrogens with zero attached hydrogens (tertiary/aromatic N) is 1. The Morgan fingerprint density at radius 1 is 1.06 bits per heavy atom. The van der Waals surface area contributed by atoms with Crippen molar-refractivity contribution in [1.82, 2.24) is 0 Å². The topological polar surface area (TPSA) is 102 Å². The number of imide groups is 1. The fourth-order valence-electron chi connectivity index (χ4n) is 4.57. The number of hydrogen-bond acceptors (Lipinski definition) is 6. The van der Waals surface area contributed by atoms with Crippen LogP contribution in [0.1, 0.15) is 36.5 Å². The summed E-state index contributed by atoms with van der Waals surface area (Å²) >= 11 is 5.95. The third kappa shape index (κ3) is 4.77. The van der Waals surface area contributed by atoms with Gasteiger partial charge < -0.3 is 14.8 Å². The molecule has 3 amide bonds. The van der Waals surface area contributed by atoms with Crippen LogP contribution in [0.3, 0.4) is 0 Å². The zero-order chi connectivity index (χ0) is 24.4. The maximum atomic E-state index is 12.9. The van der Waals surface area contributed by atoms with E-state index in [0.717, 1.165) is 19.3 Å². The molecule has 2 aromatic carbocycles. The largest absolute Gasteiger partial charge is 0.495 e. The van der Waals surface area contributed by atoms with Crippen molar-refractivity contribution in [3.05, 3.63) is 53.1 Å². The van der Waals surface area contributed by atoms with Gasteiger partial charge in [-0.1, -0.05) is 18.5 Å². The highest BCUT2D eigenvalue weighted by Crippen LogP contribution is 2.42. The Bertz CT molecular complexity index is 1130. The van der Waals surface area contributed by atoms with Gasteiger partial charge >= 0.3 is 5.97 Å². The lowest BCUT2D eigenvalue weighted by Gasteiger charge is -2.25. The number of benzene rings is 2. The number of nitrogens with one attached hydrogen (secondary N) is 1. The molecule has 1 aliphatic carbocycles. The lowest BCUT2D eigenvalue weighted by molar-refractivity contribution is -0.122. The van der Waals surface area contributed by atoms with Gasteiger partial charge in [0.1, 0.15) is 5.75 Å². The first kappa shape index (κ1) is 23.8. The van der Waals surface area contributed by atoms with Gasteiger partial charge in [-0.25, -0.2) is 4.79 Å². The van der Waals surface area contributed by atoms with Crippen molar-refractivity contribution in [2.45, 2.75) is 26.2 Å². The number of amides is 3. The van der Waals surface area contributed by atoms with E-state index in [-0.39, 0.29) is 29.2 Å². The van der Waals surface area contributed by atoms with Gasteiger partial charge in [-0.2, -0.15) is 0 Å². The van der Waals surface area contributed by atoms with Crippen LogP contribution >= 0.6 is 11.6 Å². The molecule has 0 aromatic heterocycles. The average molecular weight is 485 g/mol. The van der Waals surface area contributed by atoms with E-state index in [1.807, 2.05) is 0 Å². The lowest BCUT2D eigenvalue weighted by atomic mass is 9.76. The van der Waals surface area contributed by atoms with Gasteiger partial charge in [0.2, 0.25) is 11.8 Å². The predicted octanol–water partition coefficient (Wildman–Crippen LogP) is 4.07. The molecule has 0 spiro atoms. The maximum absolute atomic E-state index is 12.9. The molecule has 2 aliphatic rings. The van der Waals surface area contributed by atoms with Gasteiger partial charge in [0.05, 0.1) is 35.9 Å². The van der Waals surface area contributed by atoms with E-state index in [1.165, 1.54) is 30.2 Å². The molecule has 4 rings (SSSR count). The number of rotatable bonds is 6. The lowest BCUT2D eigenvalue weighted by Crippen LogP contribution is -2.30. The number of anilines is 2. The molecule has 2 fully saturated rings. The molecular formula is C25H25ClN2O6. The van der Waals surface area contributed by atoms with E-state index in [0.29, 0.717) is 28.1 Å². The first-order valence-electron chi connectivity index (χ1n) is 11.1. The maximum Gasteiger partial charge on any atom is 0.338 e. The Morgan fingerprint density at radius 2 is 1.76 bits per heavy atom. The van der Waals surface area contributed by atoms with Crippen LogP contribution in [0.2, 0.25) is 5.02 Å². The molecule has 34 heavy (non-hydrogen) atoms. The van der Waals surface area contributed by atoms with Crippen LogP contribution < -0.4 is 15.0 Å². The number of carbonyl (C=O) groups excluding carboxylic acids is 4. The van der Waals surface area contributed by atoms with Crippen molar-refractivity contribution in [2.75, 3.05) is 23.9 Å². The Morgan fingerprint density at radius 3 is 2.47 bits per heavy atom. The fourth-order valence-corrected chi connectivity index (χ4v) is 4.74. The number of esters is 1. The summed E-state index contributed by atoms with van der Waals surface area (Å²) in [6, 6.07) is 10.8. The molecule has 1 heterocycles. The van der Waals surface area contributed by atoms with E-state index in [2.05, 4.69) is 12.2 Å². The van der Waals surface area contributed by atoms with Gasteiger partial charge in [0, 0.05) is 5.02 Å². The van der Waals surface area contributed by atoms with Crippen molar-refractivity contribution in [3.8, 4) is 5.75 Å². The molecular weight excluding hydrogens is 460 g/mol. The first-order chi connectivity index (χ1) is 16.3. The summed E-state index contributed by atoms with van der Waals surface area (Å²) < 4.78 is 10.3. The average Bonchev–Trinajstić information content (AvgIpc) is 3.07. The van der Waals surface area contributed by atoms with Crippen LogP contribution in [0.5, 0.6) is 5.75 Å². The van der Waals surface area contributed by atoms with Crippen molar-refractivity contribution in [2.24, 2.45) is 17.8 Å². The highest BCUT2D eigenvalue weighted by molar-refractivity contribution is 6.31. The van der Waals surface area contributed by atoms with E-state index in [1.54, 1.807) is 24.3 Å². The summed E-state index contributed by atoms with van der Waals surface area (Å²) in [5.41, 5.74) is 0.983. The number of methoxy groups -OCH3 is 1. The first-order valence-corrected chi connectivity index (χ1v) is 11.4. The molecule has 3 atom stereocenters. The monoisotopic (exact) mass is 484 g/mol. The molecule has 0 radical (unpaired) electrons. The third-order valence-electron chi connectivity index (χ3n) is 6.32. The summed E-state index contributed by atoms with van der Waals surface area (Å²) in [5, 5.41) is 3.00. The Kier molecular flexibility index (Phi) is 6.88. The Balaban J connectivity index is 1.36. The van der Waals surface area contributed by atoms with E-state index >= 15 is 0 Å². The third-order valence-corrected chi connectivity index (χ3v) is 6.55. The van der Waals surface area contributed by atoms with Crippen molar-refractivity contribution >= 4 is 46.7 Å². The van der Waals surface area contributed by atoms with Crippen molar-refractivity contribution in [3.63, 3.8) is 0 Å². The molecule has 8 nitrogen and oxygen atoms in total. The zero-order valence-electron chi connectivity index (χ0n) is 18.9. The van der Waals surface area contributed by atoms with Gasteiger partial charge in [-0.3, -0.25) is 19.3 Å². The van der Waals surface area contributed by atoms with Crippen LogP contribution in [0.25, 0.3) is 0 Å². The number of carbonyl (C=O) groups is 4. The van der Waals surface area contributed by atoms with Gasteiger partial charge in [0.25, 0.3) is 5.91 Å². The number of hydrogen-bond donors (Lipinski definition) is 1. The second-order valence-electron chi connectivity index (χ2n) is 8.66. The number of fused-ring (bicyclic) bond motifs is 1. The van der Waals surface area contributed by atoms with E-state index < -0.39 is 18.5 Å². The number of halogens is 1. The van der Waals surface area contributed by atoms with Crippen LogP contribution in [-0.2, 0) is 19.1 Å². The minimum Gasteiger partial charge on any atom is -0.495 e. The second kappa shape index (κ2) is 9.85. The van der Waals surface area contributed by atoms with E-state index in [9.17, 15) is 19.2 Å². The van der Waals surface area contributed by atoms with Crippen molar-refractivity contribution < 1.29 is 28.7 Å². The highest BCUT2D eigenvalue weighted by atomic mass is 35.5. The molecule has 1 aliphatic heterocycles. The predicted molar refractivity (Wildman–Crippen MR) is 126 cm³/mol. The standard InChI is InChI=1S/C25H25ClN2O6/c1-14-3-9-18-19(11-14)24(31)28(23(18)30)17-7-4-15(5-8-17)25(32)34-13-22(29)27-20-12-16(26)6-10-21(20)33-2/h4-8,10,12,14,18-19H,3,9,11,13H2,1-2H3,(H,27,29)/t14-,18+,19+/m0/s1. The van der Waals surface area contributed by atoms with Crippen LogP contribution in [-0.4, -0.2) is 37.4 Å². The molecule has 9 heteroatoms. The SMILES string of the molecule is COc1ccc(Cl)cc1NC(=O)COC(=O)c1ccc(N2C(=O)[C@@H]3CC[C@H](C)C[C@H]3C2=O)cc1. The van der Waals surface area contributed by atoms with Crippen LogP contribution in [0.15, 0.2) is 42.5 Å². The summed E-state index contributed by atoms with van der Waals surface area (Å²) in [6.07, 6.45) is 2.39. The molecule has 2 aromatic rings. The zero-order valence-corrected chi connectivity index (χ0v) is 19.6. The normalized spacial score (nSPS) is 21.7. The minimum atomic E-state index is -0.707. The molecule has 0 bridgehead atoms. The number of ether oxygens (including phenoxy) is 2. The van der Waals surface area contributed by atoms with Crippen molar-refractivity contribution in [1.29, 1.82) is 0 Å². The second-order valence-corrected chi connectivity index (χ2v) is 9.10. The van der Waals surface area contributed by atoms with Crippen LogP contribution in [0, 0.1) is 17.8 Å². The Hall–Kier alpha value is -3.39. The summed E-state index contributed by atoms with van der Waals surface area (Å²) in [7, 11) is 1.46. The molecule has 1 N–H and O–H groups in total. The molecule has 0 unspecified atom stereocenters. The highest BCUT2D eigenvalue weighted by Gasteiger charge is 2.49. The van der Waals surface area contributed by atoms with Crippen LogP contribution in [0.4, 0.5) is 11.4 Å². The quantitative estimate of drug-likeness (QED) is 0.490. The summed E-state index contributed by atoms with van der Waals surface area (Å²) in [5.74, 6) is -1.30. The van der Waals surface area contributed by atoms with Gasteiger partial charge in [-0.05, 0) is 67.6 Å². The summed E-state index contributed by atoms with van der Waals surface area (Å²) in [6.45, 7) is 1.59. The smallest absolute Gasteiger partial charge is 0.338 e. The fraction of sp³-hybridized carbons (Fsp3) is 0.360. The van der Waals surface area contributed by atoms with E-state index in [4.69, 9.17) is 21.1 Å². The molecule has 1 saturated heterocycles. The molecule has 178 valence electrons.